The number of urea groups is 1. The molecule has 7 nitrogen and oxygen atoms in total. The molecule has 0 bridgehead atoms. The third kappa shape index (κ3) is 4.10. The Morgan fingerprint density at radius 3 is 2.67 bits per heavy atom. The van der Waals surface area contributed by atoms with Gasteiger partial charge in [-0.2, -0.15) is 0 Å². The lowest BCUT2D eigenvalue weighted by Gasteiger charge is -2.19. The number of methoxy groups -OCH3 is 2. The lowest BCUT2D eigenvalue weighted by molar-refractivity contribution is -0.117. The molecule has 0 aliphatic carbocycles. The van der Waals surface area contributed by atoms with Crippen LogP contribution in [0.5, 0.6) is 11.5 Å². The summed E-state index contributed by atoms with van der Waals surface area (Å²) in [4.78, 5) is 25.8. The van der Waals surface area contributed by atoms with Gasteiger partial charge in [0, 0.05) is 30.8 Å². The van der Waals surface area contributed by atoms with Crippen molar-refractivity contribution >= 4 is 17.6 Å². The van der Waals surface area contributed by atoms with Crippen LogP contribution >= 0.6 is 0 Å². The zero-order valence-electron chi connectivity index (χ0n) is 14.6. The first kappa shape index (κ1) is 17.9. The number of anilines is 1. The maximum Gasteiger partial charge on any atom is 0.315 e. The smallest absolute Gasteiger partial charge is 0.315 e. The molecule has 1 aliphatic rings. The molecule has 0 saturated carbocycles. The Morgan fingerprint density at radius 2 is 2.04 bits per heavy atom. The van der Waals surface area contributed by atoms with Gasteiger partial charge in [0.05, 0.1) is 20.3 Å². The highest BCUT2D eigenvalue weighted by molar-refractivity contribution is 5.97. The number of carbonyl (C=O) groups excluding carboxylic acids is 2. The number of benzene rings is 1. The summed E-state index contributed by atoms with van der Waals surface area (Å²) >= 11 is 0. The summed E-state index contributed by atoms with van der Waals surface area (Å²) in [6.45, 7) is 4.38. The highest BCUT2D eigenvalue weighted by atomic mass is 16.5. The van der Waals surface area contributed by atoms with Crippen molar-refractivity contribution in [2.45, 2.75) is 38.8 Å². The minimum atomic E-state index is -0.240. The van der Waals surface area contributed by atoms with Crippen molar-refractivity contribution in [3.8, 4) is 11.5 Å². The van der Waals surface area contributed by atoms with Crippen LogP contribution in [0.3, 0.4) is 0 Å². The van der Waals surface area contributed by atoms with Gasteiger partial charge in [-0.15, -0.1) is 0 Å². The summed E-state index contributed by atoms with van der Waals surface area (Å²) in [5.74, 6) is 1.14. The molecule has 24 heavy (non-hydrogen) atoms. The van der Waals surface area contributed by atoms with Crippen LogP contribution in [0.4, 0.5) is 10.5 Å². The number of hydrogen-bond donors (Lipinski definition) is 2. The fourth-order valence-electron chi connectivity index (χ4n) is 2.60. The third-order valence-corrected chi connectivity index (χ3v) is 4.13. The topological polar surface area (TPSA) is 79.9 Å². The predicted octanol–water partition coefficient (Wildman–Crippen LogP) is 1.91. The summed E-state index contributed by atoms with van der Waals surface area (Å²) in [7, 11) is 3.12. The molecule has 0 unspecified atom stereocenters. The van der Waals surface area contributed by atoms with Gasteiger partial charge in [0.1, 0.15) is 0 Å². The molecule has 2 N–H and O–H groups in total. The van der Waals surface area contributed by atoms with E-state index in [4.69, 9.17) is 9.47 Å². The van der Waals surface area contributed by atoms with Gasteiger partial charge in [0.25, 0.3) is 0 Å². The summed E-state index contributed by atoms with van der Waals surface area (Å²) in [5.41, 5.74) is 0.726. The van der Waals surface area contributed by atoms with Crippen molar-refractivity contribution < 1.29 is 19.1 Å². The standard InChI is InChI=1S/C17H25N3O4/c1-5-11(2)18-17(22)19-12-8-16(21)20(10-12)13-6-7-14(23-3)15(9-13)24-4/h6-7,9,11-12H,5,8,10H2,1-4H3,(H2,18,19,22)/t11-,12+/m1/s1. The van der Waals surface area contributed by atoms with Crippen molar-refractivity contribution in [1.29, 1.82) is 0 Å². The molecule has 3 amide bonds. The van der Waals surface area contributed by atoms with Gasteiger partial charge in [-0.1, -0.05) is 6.92 Å². The molecule has 7 heteroatoms. The predicted molar refractivity (Wildman–Crippen MR) is 91.7 cm³/mol. The SMILES string of the molecule is CC[C@@H](C)NC(=O)N[C@H]1CC(=O)N(c2ccc(OC)c(OC)c2)C1. The highest BCUT2D eigenvalue weighted by Gasteiger charge is 2.32. The van der Waals surface area contributed by atoms with Crippen molar-refractivity contribution in [2.75, 3.05) is 25.7 Å². The van der Waals surface area contributed by atoms with Gasteiger partial charge < -0.3 is 25.0 Å². The van der Waals surface area contributed by atoms with Crippen LogP contribution in [0.25, 0.3) is 0 Å². The van der Waals surface area contributed by atoms with E-state index >= 15 is 0 Å². The van der Waals surface area contributed by atoms with Gasteiger partial charge in [-0.05, 0) is 25.5 Å². The van der Waals surface area contributed by atoms with Gasteiger partial charge >= 0.3 is 6.03 Å². The summed E-state index contributed by atoms with van der Waals surface area (Å²) in [6, 6.07) is 4.98. The molecule has 2 atom stereocenters. The quantitative estimate of drug-likeness (QED) is 0.832. The fourth-order valence-corrected chi connectivity index (χ4v) is 2.60. The van der Waals surface area contributed by atoms with Gasteiger partial charge in [0.15, 0.2) is 11.5 Å². The molecule has 0 radical (unpaired) electrons. The summed E-state index contributed by atoms with van der Waals surface area (Å²) in [6.07, 6.45) is 1.14. The number of nitrogens with zero attached hydrogens (tertiary/aromatic N) is 1. The van der Waals surface area contributed by atoms with Crippen LogP contribution < -0.4 is 25.0 Å². The van der Waals surface area contributed by atoms with Crippen molar-refractivity contribution in [2.24, 2.45) is 0 Å². The van der Waals surface area contributed by atoms with E-state index in [1.165, 1.54) is 0 Å². The number of ether oxygens (including phenoxy) is 2. The fraction of sp³-hybridized carbons (Fsp3) is 0.529. The Kier molecular flexibility index (Phi) is 5.89. The van der Waals surface area contributed by atoms with E-state index in [0.717, 1.165) is 12.1 Å². The largest absolute Gasteiger partial charge is 0.493 e. The summed E-state index contributed by atoms with van der Waals surface area (Å²) in [5, 5.41) is 5.70. The Hall–Kier alpha value is -2.44. The van der Waals surface area contributed by atoms with E-state index in [0.29, 0.717) is 18.0 Å². The molecule has 2 rings (SSSR count). The van der Waals surface area contributed by atoms with Crippen LogP contribution in [-0.2, 0) is 4.79 Å². The Bertz CT molecular complexity index is 605. The highest BCUT2D eigenvalue weighted by Crippen LogP contribution is 2.33. The average Bonchev–Trinajstić information content (AvgIpc) is 2.93. The second kappa shape index (κ2) is 7.90. The van der Waals surface area contributed by atoms with E-state index in [1.54, 1.807) is 37.3 Å². The Morgan fingerprint density at radius 1 is 1.33 bits per heavy atom. The normalized spacial score (nSPS) is 18.2. The number of hydrogen-bond acceptors (Lipinski definition) is 4. The molecule has 1 fully saturated rings. The van der Waals surface area contributed by atoms with Gasteiger partial charge in [0.2, 0.25) is 5.91 Å². The second-order valence-corrected chi connectivity index (χ2v) is 5.87. The van der Waals surface area contributed by atoms with Crippen LogP contribution in [0.1, 0.15) is 26.7 Å². The molecule has 0 spiro atoms. The van der Waals surface area contributed by atoms with Crippen molar-refractivity contribution in [3.05, 3.63) is 18.2 Å². The van der Waals surface area contributed by atoms with Gasteiger partial charge in [-0.3, -0.25) is 4.79 Å². The molecular formula is C17H25N3O4. The number of rotatable bonds is 6. The van der Waals surface area contributed by atoms with Gasteiger partial charge in [-0.25, -0.2) is 4.79 Å². The number of nitrogens with one attached hydrogen (secondary N) is 2. The van der Waals surface area contributed by atoms with Crippen molar-refractivity contribution in [3.63, 3.8) is 0 Å². The molecule has 1 heterocycles. The van der Waals surface area contributed by atoms with Crippen LogP contribution in [0, 0.1) is 0 Å². The van der Waals surface area contributed by atoms with E-state index in [2.05, 4.69) is 10.6 Å². The first-order valence-electron chi connectivity index (χ1n) is 8.07. The molecule has 1 aliphatic heterocycles. The average molecular weight is 335 g/mol. The van der Waals surface area contributed by atoms with E-state index in [9.17, 15) is 9.59 Å². The Balaban J connectivity index is 2.03. The molecule has 1 saturated heterocycles. The number of carbonyl (C=O) groups is 2. The first-order chi connectivity index (χ1) is 11.5. The molecule has 1 aromatic rings. The molecule has 132 valence electrons. The first-order valence-corrected chi connectivity index (χ1v) is 8.07. The molecular weight excluding hydrogens is 310 g/mol. The number of amides is 3. The van der Waals surface area contributed by atoms with E-state index < -0.39 is 0 Å². The molecule has 1 aromatic carbocycles. The minimum Gasteiger partial charge on any atom is -0.493 e. The second-order valence-electron chi connectivity index (χ2n) is 5.87. The Labute approximate surface area is 142 Å². The minimum absolute atomic E-state index is 0.0314. The monoisotopic (exact) mass is 335 g/mol. The lowest BCUT2D eigenvalue weighted by Crippen LogP contribution is -2.46. The van der Waals surface area contributed by atoms with Crippen LogP contribution in [0.15, 0.2) is 18.2 Å². The summed E-state index contributed by atoms with van der Waals surface area (Å²) < 4.78 is 10.5. The third-order valence-electron chi connectivity index (χ3n) is 4.13. The van der Waals surface area contributed by atoms with Crippen molar-refractivity contribution in [1.82, 2.24) is 10.6 Å². The van der Waals surface area contributed by atoms with Crippen LogP contribution in [-0.4, -0.2) is 44.8 Å². The van der Waals surface area contributed by atoms with Crippen LogP contribution in [0.2, 0.25) is 0 Å². The molecule has 0 aromatic heterocycles. The lowest BCUT2D eigenvalue weighted by atomic mass is 10.2. The van der Waals surface area contributed by atoms with E-state index in [1.807, 2.05) is 13.8 Å². The maximum absolute atomic E-state index is 12.3. The maximum atomic E-state index is 12.3. The van der Waals surface area contributed by atoms with E-state index in [-0.39, 0.29) is 30.4 Å². The zero-order valence-corrected chi connectivity index (χ0v) is 14.6. The zero-order chi connectivity index (χ0) is 17.7.